The molecular weight excluding hydrogens is 83.0 g/mol. The second kappa shape index (κ2) is 1.16. The molecule has 1 aliphatic heterocycles. The molecule has 0 aromatic rings. The van der Waals surface area contributed by atoms with Crippen LogP contribution in [0.1, 0.15) is 0 Å². The predicted molar refractivity (Wildman–Crippen MR) is 21.9 cm³/mol. The molecule has 0 amide bonds. The molecule has 0 saturated heterocycles. The summed E-state index contributed by atoms with van der Waals surface area (Å²) in [5, 5.41) is 0. The first-order valence-corrected chi connectivity index (χ1v) is 1.62. The van der Waals surface area contributed by atoms with Gasteiger partial charge in [-0.2, -0.15) is 4.39 Å². The number of hydrogen-bond donors (Lipinski definition) is 0. The normalized spacial score (nSPS) is 18.5. The van der Waals surface area contributed by atoms with Crippen molar-refractivity contribution in [1.82, 2.24) is 0 Å². The smallest absolute Gasteiger partial charge is 0.235 e. The first-order chi connectivity index (χ1) is 2.89. The highest BCUT2D eigenvalue weighted by molar-refractivity contribution is 5.88. The van der Waals surface area contributed by atoms with Crippen molar-refractivity contribution in [2.24, 2.45) is 9.98 Å². The van der Waals surface area contributed by atoms with Crippen molar-refractivity contribution in [3.8, 4) is 0 Å². The van der Waals surface area contributed by atoms with Gasteiger partial charge in [0.15, 0.2) is 0 Å². The van der Waals surface area contributed by atoms with Crippen LogP contribution in [0.3, 0.4) is 0 Å². The van der Waals surface area contributed by atoms with Crippen molar-refractivity contribution in [3.63, 3.8) is 0 Å². The Morgan fingerprint density at radius 2 is 2.67 bits per heavy atom. The summed E-state index contributed by atoms with van der Waals surface area (Å²) in [4.78, 5) is 6.46. The number of hydrogen-bond acceptors (Lipinski definition) is 2. The number of halogens is 1. The fourth-order valence-electron chi connectivity index (χ4n) is 0.273. The van der Waals surface area contributed by atoms with Gasteiger partial charge in [-0.1, -0.05) is 0 Å². The quantitative estimate of drug-likeness (QED) is 0.381. The Morgan fingerprint density at radius 3 is 2.83 bits per heavy atom. The lowest BCUT2D eigenvalue weighted by Crippen LogP contribution is -1.70. The molecule has 0 aromatic heterocycles. The summed E-state index contributed by atoms with van der Waals surface area (Å²) >= 11 is 0. The highest BCUT2D eigenvalue weighted by Crippen LogP contribution is 1.86. The van der Waals surface area contributed by atoms with Gasteiger partial charge in [0.05, 0.1) is 6.54 Å². The first-order valence-electron chi connectivity index (χ1n) is 1.62. The molecule has 6 heavy (non-hydrogen) atoms. The molecule has 0 N–H and O–H groups in total. The fraction of sp³-hybridized carbons (Fsp3) is 0.333. The molecule has 0 atom stereocenters. The Bertz CT molecular complexity index is 103. The lowest BCUT2D eigenvalue weighted by atomic mass is 10.8. The van der Waals surface area contributed by atoms with E-state index in [4.69, 9.17) is 0 Å². The second-order valence-electron chi connectivity index (χ2n) is 0.921. The van der Waals surface area contributed by atoms with E-state index in [9.17, 15) is 4.39 Å². The van der Waals surface area contributed by atoms with E-state index in [1.807, 2.05) is 0 Å². The van der Waals surface area contributed by atoms with Gasteiger partial charge in [0.2, 0.25) is 0 Å². The summed E-state index contributed by atoms with van der Waals surface area (Å²) < 4.78 is 11.5. The number of aliphatic imine (C=N–C) groups is 2. The van der Waals surface area contributed by atoms with Gasteiger partial charge in [0.25, 0.3) is 0 Å². The van der Waals surface area contributed by atoms with Crippen LogP contribution in [0.4, 0.5) is 4.39 Å². The van der Waals surface area contributed by atoms with Crippen molar-refractivity contribution >= 4 is 12.3 Å². The Balaban J connectivity index is 2.68. The molecule has 2 nitrogen and oxygen atoms in total. The van der Waals surface area contributed by atoms with E-state index in [0.29, 0.717) is 6.54 Å². The second-order valence-corrected chi connectivity index (χ2v) is 0.921. The van der Waals surface area contributed by atoms with E-state index in [0.717, 1.165) is 0 Å². The average molecular weight is 86.1 g/mol. The van der Waals surface area contributed by atoms with Gasteiger partial charge in [-0.3, -0.25) is 0 Å². The van der Waals surface area contributed by atoms with E-state index in [-0.39, 0.29) is 0 Å². The first kappa shape index (κ1) is 3.46. The van der Waals surface area contributed by atoms with Crippen molar-refractivity contribution in [3.05, 3.63) is 0 Å². The minimum atomic E-state index is -0.602. The molecule has 0 aliphatic carbocycles. The maximum Gasteiger partial charge on any atom is 0.304 e. The van der Waals surface area contributed by atoms with E-state index in [1.165, 1.54) is 6.21 Å². The largest absolute Gasteiger partial charge is 0.304 e. The molecule has 0 spiro atoms. The molecule has 1 heterocycles. The Morgan fingerprint density at radius 1 is 1.83 bits per heavy atom. The third-order valence-electron chi connectivity index (χ3n) is 0.501. The van der Waals surface area contributed by atoms with Gasteiger partial charge in [0, 0.05) is 6.21 Å². The third-order valence-corrected chi connectivity index (χ3v) is 0.501. The van der Waals surface area contributed by atoms with Crippen molar-refractivity contribution < 1.29 is 4.39 Å². The maximum absolute atomic E-state index is 11.5. The monoisotopic (exact) mass is 86.0 g/mol. The SMILES string of the molecule is FC1=NCC=N1. The van der Waals surface area contributed by atoms with Crippen LogP contribution in [0.25, 0.3) is 0 Å². The Hall–Kier alpha value is -0.730. The zero-order valence-electron chi connectivity index (χ0n) is 3.06. The minimum Gasteiger partial charge on any atom is -0.235 e. The van der Waals surface area contributed by atoms with Gasteiger partial charge in [0.1, 0.15) is 0 Å². The van der Waals surface area contributed by atoms with Crippen LogP contribution in [0.5, 0.6) is 0 Å². The molecular formula is C3H3FN2. The zero-order valence-corrected chi connectivity index (χ0v) is 3.06. The van der Waals surface area contributed by atoms with Crippen LogP contribution < -0.4 is 0 Å². The van der Waals surface area contributed by atoms with Gasteiger partial charge < -0.3 is 0 Å². The van der Waals surface area contributed by atoms with Crippen LogP contribution in [0, 0.1) is 0 Å². The molecule has 0 aromatic carbocycles. The topological polar surface area (TPSA) is 24.7 Å². The van der Waals surface area contributed by atoms with Gasteiger partial charge >= 0.3 is 6.09 Å². The molecule has 0 unspecified atom stereocenters. The van der Waals surface area contributed by atoms with Crippen molar-refractivity contribution in [1.29, 1.82) is 0 Å². The van der Waals surface area contributed by atoms with Gasteiger partial charge in [-0.25, -0.2) is 9.98 Å². The van der Waals surface area contributed by atoms with E-state index >= 15 is 0 Å². The highest BCUT2D eigenvalue weighted by Gasteiger charge is 1.92. The number of nitrogens with zero attached hydrogens (tertiary/aromatic N) is 2. The fourth-order valence-corrected chi connectivity index (χ4v) is 0.273. The lowest BCUT2D eigenvalue weighted by Gasteiger charge is -1.65. The summed E-state index contributed by atoms with van der Waals surface area (Å²) in [5.74, 6) is 0. The van der Waals surface area contributed by atoms with Crippen LogP contribution >= 0.6 is 0 Å². The summed E-state index contributed by atoms with van der Waals surface area (Å²) in [7, 11) is 0. The molecule has 0 radical (unpaired) electrons. The maximum atomic E-state index is 11.5. The standard InChI is InChI=1S/C3H3FN2/c4-3-5-1-2-6-3/h1H,2H2. The predicted octanol–water partition coefficient (Wildman–Crippen LogP) is 0.396. The molecule has 0 fully saturated rings. The average Bonchev–Trinajstić information content (AvgIpc) is 1.86. The summed E-state index contributed by atoms with van der Waals surface area (Å²) in [5.41, 5.74) is 0. The summed E-state index contributed by atoms with van der Waals surface area (Å²) in [6.45, 7) is 0.409. The lowest BCUT2D eigenvalue weighted by molar-refractivity contribution is 0.792. The molecule has 1 aliphatic rings. The zero-order chi connectivity index (χ0) is 4.41. The van der Waals surface area contributed by atoms with Crippen molar-refractivity contribution in [2.75, 3.05) is 6.54 Å². The van der Waals surface area contributed by atoms with Crippen LogP contribution in [0.15, 0.2) is 9.98 Å². The minimum absolute atomic E-state index is 0.409. The Labute approximate surface area is 34.4 Å². The van der Waals surface area contributed by atoms with Crippen molar-refractivity contribution in [2.45, 2.75) is 0 Å². The van der Waals surface area contributed by atoms with Crippen LogP contribution in [0.2, 0.25) is 0 Å². The van der Waals surface area contributed by atoms with Gasteiger partial charge in [-0.05, 0) is 0 Å². The molecule has 1 rings (SSSR count). The number of rotatable bonds is 0. The Kier molecular flexibility index (Phi) is 0.670. The van der Waals surface area contributed by atoms with Crippen LogP contribution in [-0.4, -0.2) is 18.8 Å². The molecule has 0 saturated carbocycles. The molecule has 32 valence electrons. The molecule has 0 bridgehead atoms. The summed E-state index contributed by atoms with van der Waals surface area (Å²) in [6, 6.07) is 0. The summed E-state index contributed by atoms with van der Waals surface area (Å²) in [6.07, 6.45) is 0.824. The van der Waals surface area contributed by atoms with E-state index in [2.05, 4.69) is 9.98 Å². The van der Waals surface area contributed by atoms with Gasteiger partial charge in [-0.15, -0.1) is 0 Å². The third kappa shape index (κ3) is 0.429. The number of amidine groups is 1. The van der Waals surface area contributed by atoms with Crippen LogP contribution in [-0.2, 0) is 0 Å². The van der Waals surface area contributed by atoms with E-state index in [1.54, 1.807) is 0 Å². The highest BCUT2D eigenvalue weighted by atomic mass is 19.1. The van der Waals surface area contributed by atoms with E-state index < -0.39 is 6.09 Å². The molecule has 3 heteroatoms.